The van der Waals surface area contributed by atoms with Crippen molar-refractivity contribution in [3.05, 3.63) is 58.0 Å². The number of anilines is 2. The van der Waals surface area contributed by atoms with Crippen LogP contribution >= 0.6 is 11.3 Å². The number of hydrogen-bond donors (Lipinski definition) is 2. The number of sulfone groups is 1. The minimum atomic E-state index is -3.63. The van der Waals surface area contributed by atoms with Crippen LogP contribution in [0.25, 0.3) is 11.3 Å². The SMILES string of the molecule is CNc1nc2c(s1)C(S(=O)(=O)c1cccc(C)c1)Nc1cc(C)c(C)cc1-2. The van der Waals surface area contributed by atoms with Gasteiger partial charge in [0.2, 0.25) is 9.84 Å². The van der Waals surface area contributed by atoms with E-state index in [-0.39, 0.29) is 0 Å². The fourth-order valence-corrected chi connectivity index (χ4v) is 6.25. The Bertz CT molecular complexity index is 1150. The van der Waals surface area contributed by atoms with E-state index in [0.29, 0.717) is 10.0 Å². The van der Waals surface area contributed by atoms with Gasteiger partial charge in [0.05, 0.1) is 15.5 Å². The maximum Gasteiger partial charge on any atom is 0.204 e. The lowest BCUT2D eigenvalue weighted by atomic mass is 9.99. The highest BCUT2D eigenvalue weighted by Crippen LogP contribution is 2.48. The molecule has 1 aromatic heterocycles. The molecular formula is C20H21N3O2S2. The predicted octanol–water partition coefficient (Wildman–Crippen LogP) is 4.68. The quantitative estimate of drug-likeness (QED) is 0.669. The Morgan fingerprint density at radius 1 is 1.11 bits per heavy atom. The van der Waals surface area contributed by atoms with Crippen molar-refractivity contribution in [2.24, 2.45) is 0 Å². The van der Waals surface area contributed by atoms with Crippen molar-refractivity contribution in [1.29, 1.82) is 0 Å². The molecule has 0 fully saturated rings. The number of aryl methyl sites for hydroxylation is 3. The zero-order chi connectivity index (χ0) is 19.3. The van der Waals surface area contributed by atoms with Gasteiger partial charge in [-0.25, -0.2) is 13.4 Å². The molecule has 7 heteroatoms. The molecule has 1 aliphatic rings. The van der Waals surface area contributed by atoms with Crippen molar-refractivity contribution in [1.82, 2.24) is 4.98 Å². The van der Waals surface area contributed by atoms with E-state index >= 15 is 0 Å². The predicted molar refractivity (Wildman–Crippen MR) is 111 cm³/mol. The average molecular weight is 400 g/mol. The second-order valence-corrected chi connectivity index (χ2v) is 9.91. The van der Waals surface area contributed by atoms with Gasteiger partial charge in [-0.15, -0.1) is 0 Å². The molecule has 5 nitrogen and oxygen atoms in total. The van der Waals surface area contributed by atoms with E-state index in [0.717, 1.165) is 38.5 Å². The van der Waals surface area contributed by atoms with Crippen molar-refractivity contribution in [2.45, 2.75) is 31.0 Å². The largest absolute Gasteiger partial charge is 0.365 e. The van der Waals surface area contributed by atoms with Gasteiger partial charge in [0.15, 0.2) is 10.5 Å². The van der Waals surface area contributed by atoms with Crippen molar-refractivity contribution < 1.29 is 8.42 Å². The Morgan fingerprint density at radius 3 is 2.56 bits per heavy atom. The minimum absolute atomic E-state index is 0.317. The Labute approximate surface area is 163 Å². The van der Waals surface area contributed by atoms with Crippen LogP contribution in [0.1, 0.15) is 26.9 Å². The minimum Gasteiger partial charge on any atom is -0.365 e. The molecule has 0 saturated heterocycles. The fourth-order valence-electron chi connectivity index (χ4n) is 3.29. The maximum absolute atomic E-state index is 13.5. The third-order valence-electron chi connectivity index (χ3n) is 4.91. The molecule has 0 saturated carbocycles. The molecule has 1 aliphatic heterocycles. The number of benzene rings is 2. The third-order valence-corrected chi connectivity index (χ3v) is 8.08. The summed E-state index contributed by atoms with van der Waals surface area (Å²) >= 11 is 1.38. The van der Waals surface area contributed by atoms with E-state index < -0.39 is 15.2 Å². The zero-order valence-corrected chi connectivity index (χ0v) is 17.3. The summed E-state index contributed by atoms with van der Waals surface area (Å²) in [5.74, 6) is 0. The molecule has 0 radical (unpaired) electrons. The van der Waals surface area contributed by atoms with Crippen LogP contribution in [0, 0.1) is 20.8 Å². The van der Waals surface area contributed by atoms with Gasteiger partial charge >= 0.3 is 0 Å². The summed E-state index contributed by atoms with van der Waals surface area (Å²) in [7, 11) is -1.83. The molecular weight excluding hydrogens is 378 g/mol. The first-order valence-electron chi connectivity index (χ1n) is 8.68. The number of hydrogen-bond acceptors (Lipinski definition) is 6. The summed E-state index contributed by atoms with van der Waals surface area (Å²) < 4.78 is 26.9. The van der Waals surface area contributed by atoms with Crippen molar-refractivity contribution in [3.8, 4) is 11.3 Å². The Kier molecular flexibility index (Phi) is 4.24. The van der Waals surface area contributed by atoms with Gasteiger partial charge in [-0.1, -0.05) is 23.5 Å². The first kappa shape index (κ1) is 18.0. The molecule has 0 aliphatic carbocycles. The van der Waals surface area contributed by atoms with Gasteiger partial charge in [0, 0.05) is 18.3 Å². The van der Waals surface area contributed by atoms with Gasteiger partial charge < -0.3 is 10.6 Å². The van der Waals surface area contributed by atoms with E-state index in [9.17, 15) is 8.42 Å². The van der Waals surface area contributed by atoms with Crippen molar-refractivity contribution in [2.75, 3.05) is 17.7 Å². The lowest BCUT2D eigenvalue weighted by Crippen LogP contribution is -2.24. The topological polar surface area (TPSA) is 71.1 Å². The molecule has 3 aromatic rings. The molecule has 0 spiro atoms. The van der Waals surface area contributed by atoms with E-state index in [4.69, 9.17) is 0 Å². The molecule has 0 bridgehead atoms. The van der Waals surface area contributed by atoms with Crippen LogP contribution in [0.3, 0.4) is 0 Å². The lowest BCUT2D eigenvalue weighted by molar-refractivity contribution is 0.587. The summed E-state index contributed by atoms with van der Waals surface area (Å²) in [4.78, 5) is 5.70. The standard InChI is InChI=1S/C20H21N3O2S2/c1-11-6-5-7-14(8-11)27(24,25)19-18-17(23-20(21-4)26-18)15-9-12(2)13(3)10-16(15)22-19/h5-10,19,22H,1-4H3,(H,21,23). The van der Waals surface area contributed by atoms with Crippen LogP contribution < -0.4 is 10.6 Å². The highest BCUT2D eigenvalue weighted by atomic mass is 32.2. The highest BCUT2D eigenvalue weighted by Gasteiger charge is 2.38. The number of nitrogens with one attached hydrogen (secondary N) is 2. The smallest absolute Gasteiger partial charge is 0.204 e. The molecule has 140 valence electrons. The van der Waals surface area contributed by atoms with E-state index in [1.165, 1.54) is 11.3 Å². The summed E-state index contributed by atoms with van der Waals surface area (Å²) in [6, 6.07) is 11.1. The second-order valence-electron chi connectivity index (χ2n) is 6.85. The maximum atomic E-state index is 13.5. The third kappa shape index (κ3) is 2.91. The molecule has 27 heavy (non-hydrogen) atoms. The van der Waals surface area contributed by atoms with Gasteiger partial charge in [0.25, 0.3) is 0 Å². The molecule has 4 rings (SSSR count). The van der Waals surface area contributed by atoms with Gasteiger partial charge in [-0.2, -0.15) is 0 Å². The van der Waals surface area contributed by atoms with E-state index in [2.05, 4.69) is 28.6 Å². The normalized spacial score (nSPS) is 15.6. The number of fused-ring (bicyclic) bond motifs is 3. The zero-order valence-electron chi connectivity index (χ0n) is 15.6. The summed E-state index contributed by atoms with van der Waals surface area (Å²) in [5, 5.41) is 6.17. The van der Waals surface area contributed by atoms with Gasteiger partial charge in [-0.05, 0) is 61.7 Å². The molecule has 1 atom stereocenters. The van der Waals surface area contributed by atoms with E-state index in [1.807, 2.05) is 26.0 Å². The Hall–Kier alpha value is -2.38. The Balaban J connectivity index is 1.93. The van der Waals surface area contributed by atoms with Crippen LogP contribution in [-0.2, 0) is 9.84 Å². The first-order valence-corrected chi connectivity index (χ1v) is 11.0. The summed E-state index contributed by atoms with van der Waals surface area (Å²) in [5.41, 5.74) is 5.67. The second kappa shape index (κ2) is 6.35. The molecule has 1 unspecified atom stereocenters. The lowest BCUT2D eigenvalue weighted by Gasteiger charge is -2.27. The number of rotatable bonds is 3. The molecule has 0 amide bonds. The van der Waals surface area contributed by atoms with E-state index in [1.54, 1.807) is 25.2 Å². The molecule has 2 heterocycles. The van der Waals surface area contributed by atoms with Crippen LogP contribution in [0.5, 0.6) is 0 Å². The number of aromatic nitrogens is 1. The average Bonchev–Trinajstić information content (AvgIpc) is 3.07. The van der Waals surface area contributed by atoms with Crippen molar-refractivity contribution in [3.63, 3.8) is 0 Å². The Morgan fingerprint density at radius 2 is 1.85 bits per heavy atom. The monoisotopic (exact) mass is 399 g/mol. The number of thiazole rings is 1. The summed E-state index contributed by atoms with van der Waals surface area (Å²) in [6.07, 6.45) is 0. The summed E-state index contributed by atoms with van der Waals surface area (Å²) in [6.45, 7) is 5.97. The van der Waals surface area contributed by atoms with Crippen LogP contribution in [0.4, 0.5) is 10.8 Å². The van der Waals surface area contributed by atoms with Crippen LogP contribution in [0.15, 0.2) is 41.3 Å². The van der Waals surface area contributed by atoms with Gasteiger partial charge in [-0.3, -0.25) is 0 Å². The molecule has 2 aromatic carbocycles. The van der Waals surface area contributed by atoms with Crippen LogP contribution in [0.2, 0.25) is 0 Å². The first-order chi connectivity index (χ1) is 12.8. The van der Waals surface area contributed by atoms with Crippen LogP contribution in [-0.4, -0.2) is 20.4 Å². The highest BCUT2D eigenvalue weighted by molar-refractivity contribution is 7.92. The molecule has 2 N–H and O–H groups in total. The fraction of sp³-hybridized carbons (Fsp3) is 0.250. The van der Waals surface area contributed by atoms with Crippen molar-refractivity contribution >= 4 is 32.0 Å². The van der Waals surface area contributed by atoms with Gasteiger partial charge in [0.1, 0.15) is 0 Å². The number of nitrogens with zero attached hydrogens (tertiary/aromatic N) is 1.